The highest BCUT2D eigenvalue weighted by Crippen LogP contribution is 2.14. The molecule has 7 heteroatoms. The highest BCUT2D eigenvalue weighted by Gasteiger charge is 2.20. The molecule has 106 valence electrons. The van der Waals surface area contributed by atoms with E-state index in [2.05, 4.69) is 15.6 Å². The summed E-state index contributed by atoms with van der Waals surface area (Å²) in [5.41, 5.74) is 0.349. The molecule has 1 aliphatic rings. The molecule has 1 atom stereocenters. The number of nitrogens with one attached hydrogen (secondary N) is 2. The number of carbonyl (C=O) groups is 2. The number of rotatable bonds is 3. The normalized spacial score (nSPS) is 15.4. The molecule has 0 saturated heterocycles. The lowest BCUT2D eigenvalue weighted by Crippen LogP contribution is -2.46. The van der Waals surface area contributed by atoms with E-state index in [4.69, 9.17) is 11.6 Å². The fourth-order valence-electron chi connectivity index (χ4n) is 1.61. The van der Waals surface area contributed by atoms with Crippen LogP contribution < -0.4 is 10.6 Å². The van der Waals surface area contributed by atoms with Gasteiger partial charge in [0, 0.05) is 5.75 Å². The van der Waals surface area contributed by atoms with Crippen molar-refractivity contribution in [3.05, 3.63) is 34.9 Å². The summed E-state index contributed by atoms with van der Waals surface area (Å²) in [6.45, 7) is 2.32. The minimum Gasteiger partial charge on any atom is -0.340 e. The summed E-state index contributed by atoms with van der Waals surface area (Å²) >= 11 is 7.43. The Morgan fingerprint density at radius 3 is 2.80 bits per heavy atom. The lowest BCUT2D eigenvalue weighted by atomic mass is 10.2. The molecule has 20 heavy (non-hydrogen) atoms. The monoisotopic (exact) mass is 311 g/mol. The van der Waals surface area contributed by atoms with Crippen molar-refractivity contribution in [1.82, 2.24) is 10.6 Å². The molecule has 1 aliphatic heterocycles. The van der Waals surface area contributed by atoms with Gasteiger partial charge in [-0.25, -0.2) is 0 Å². The molecule has 0 saturated carbocycles. The first kappa shape index (κ1) is 14.9. The van der Waals surface area contributed by atoms with Crippen molar-refractivity contribution in [2.24, 2.45) is 4.99 Å². The minimum absolute atomic E-state index is 0.293. The molecule has 2 rings (SSSR count). The van der Waals surface area contributed by atoms with E-state index in [0.717, 1.165) is 5.75 Å². The van der Waals surface area contributed by atoms with Crippen LogP contribution in [-0.2, 0) is 4.79 Å². The number of amides is 2. The predicted molar refractivity (Wildman–Crippen MR) is 81.3 cm³/mol. The minimum atomic E-state index is -0.664. The van der Waals surface area contributed by atoms with Crippen molar-refractivity contribution < 1.29 is 9.59 Å². The Kier molecular flexibility index (Phi) is 5.03. The first-order valence-electron chi connectivity index (χ1n) is 6.11. The van der Waals surface area contributed by atoms with Gasteiger partial charge in [0.2, 0.25) is 5.91 Å². The highest BCUT2D eigenvalue weighted by molar-refractivity contribution is 8.14. The van der Waals surface area contributed by atoms with E-state index in [9.17, 15) is 9.59 Å². The maximum Gasteiger partial charge on any atom is 0.253 e. The van der Waals surface area contributed by atoms with Gasteiger partial charge in [0.05, 0.1) is 17.1 Å². The first-order chi connectivity index (χ1) is 9.58. The molecule has 1 aromatic carbocycles. The fourth-order valence-corrected chi connectivity index (χ4v) is 2.56. The zero-order chi connectivity index (χ0) is 14.5. The molecule has 5 nitrogen and oxygen atoms in total. The average Bonchev–Trinajstić information content (AvgIpc) is 2.91. The van der Waals surface area contributed by atoms with Crippen LogP contribution in [0.5, 0.6) is 0 Å². The number of aliphatic imine (C=N–C) groups is 1. The predicted octanol–water partition coefficient (Wildman–Crippen LogP) is 1.68. The van der Waals surface area contributed by atoms with Crippen LogP contribution in [0.2, 0.25) is 5.02 Å². The molecule has 0 aromatic heterocycles. The maximum atomic E-state index is 12.0. The van der Waals surface area contributed by atoms with Crippen LogP contribution in [0.25, 0.3) is 0 Å². The Balaban J connectivity index is 1.93. The molecular formula is C13H14ClN3O2S. The zero-order valence-electron chi connectivity index (χ0n) is 10.9. The Morgan fingerprint density at radius 1 is 1.40 bits per heavy atom. The second-order valence-corrected chi connectivity index (χ2v) is 5.69. The van der Waals surface area contributed by atoms with Gasteiger partial charge in [-0.05, 0) is 19.1 Å². The fraction of sp³-hybridized carbons (Fsp3) is 0.308. The molecule has 2 N–H and O–H groups in total. The Hall–Kier alpha value is -1.53. The summed E-state index contributed by atoms with van der Waals surface area (Å²) in [6, 6.07) is 6.03. The van der Waals surface area contributed by atoms with Crippen molar-refractivity contribution in [3.63, 3.8) is 0 Å². The van der Waals surface area contributed by atoms with Gasteiger partial charge < -0.3 is 10.6 Å². The molecule has 1 aromatic rings. The second-order valence-electron chi connectivity index (χ2n) is 4.20. The Morgan fingerprint density at radius 2 is 2.15 bits per heavy atom. The summed E-state index contributed by atoms with van der Waals surface area (Å²) < 4.78 is 0. The van der Waals surface area contributed by atoms with Crippen molar-refractivity contribution in [3.8, 4) is 0 Å². The maximum absolute atomic E-state index is 12.0. The lowest BCUT2D eigenvalue weighted by molar-refractivity contribution is -0.121. The second kappa shape index (κ2) is 6.76. The summed E-state index contributed by atoms with van der Waals surface area (Å²) in [6.07, 6.45) is 0. The molecule has 0 bridgehead atoms. The van der Waals surface area contributed by atoms with Crippen molar-refractivity contribution >= 4 is 40.3 Å². The number of halogens is 1. The van der Waals surface area contributed by atoms with Crippen molar-refractivity contribution in [1.29, 1.82) is 0 Å². The van der Waals surface area contributed by atoms with Gasteiger partial charge in [-0.2, -0.15) is 0 Å². The number of thioether (sulfide) groups is 1. The lowest BCUT2D eigenvalue weighted by Gasteiger charge is -2.14. The number of carbonyl (C=O) groups excluding carboxylic acids is 2. The van der Waals surface area contributed by atoms with E-state index in [0.29, 0.717) is 22.3 Å². The van der Waals surface area contributed by atoms with Gasteiger partial charge >= 0.3 is 0 Å². The van der Waals surface area contributed by atoms with E-state index >= 15 is 0 Å². The van der Waals surface area contributed by atoms with E-state index < -0.39 is 6.04 Å². The van der Waals surface area contributed by atoms with Crippen LogP contribution in [-0.4, -0.2) is 35.3 Å². The third-order valence-corrected chi connectivity index (χ3v) is 3.90. The Bertz CT molecular complexity index is 562. The molecule has 0 aliphatic carbocycles. The van der Waals surface area contributed by atoms with Gasteiger partial charge in [-0.3, -0.25) is 14.6 Å². The van der Waals surface area contributed by atoms with Gasteiger partial charge in [0.15, 0.2) is 5.17 Å². The molecule has 1 unspecified atom stereocenters. The number of nitrogens with zero attached hydrogens (tertiary/aromatic N) is 1. The Labute approximate surface area is 126 Å². The van der Waals surface area contributed by atoms with Gasteiger partial charge in [0.25, 0.3) is 5.91 Å². The third-order valence-electron chi connectivity index (χ3n) is 2.67. The number of benzene rings is 1. The van der Waals surface area contributed by atoms with Gasteiger partial charge in [-0.1, -0.05) is 35.5 Å². The first-order valence-corrected chi connectivity index (χ1v) is 7.48. The van der Waals surface area contributed by atoms with Crippen LogP contribution in [0.3, 0.4) is 0 Å². The zero-order valence-corrected chi connectivity index (χ0v) is 12.4. The topological polar surface area (TPSA) is 70.6 Å². The van der Waals surface area contributed by atoms with Crippen LogP contribution >= 0.6 is 23.4 Å². The molecule has 2 amide bonds. The van der Waals surface area contributed by atoms with Crippen molar-refractivity contribution in [2.75, 3.05) is 12.3 Å². The van der Waals surface area contributed by atoms with E-state index in [1.54, 1.807) is 31.2 Å². The molecule has 1 heterocycles. The quantitative estimate of drug-likeness (QED) is 0.892. The smallest absolute Gasteiger partial charge is 0.253 e. The van der Waals surface area contributed by atoms with Gasteiger partial charge in [0.1, 0.15) is 6.04 Å². The molecule has 0 radical (unpaired) electrons. The standard InChI is InChI=1S/C13H14ClN3O2S/c1-8(11(18)17-13-15-6-7-20-13)16-12(19)9-4-2-3-5-10(9)14/h2-5,8H,6-7H2,1H3,(H,16,19)(H,15,17,18). The largest absolute Gasteiger partial charge is 0.340 e. The van der Waals surface area contributed by atoms with Crippen LogP contribution in [0, 0.1) is 0 Å². The third kappa shape index (κ3) is 3.74. The van der Waals surface area contributed by atoms with Crippen LogP contribution in [0.1, 0.15) is 17.3 Å². The van der Waals surface area contributed by atoms with E-state index in [-0.39, 0.29) is 11.8 Å². The van der Waals surface area contributed by atoms with Crippen LogP contribution in [0.4, 0.5) is 0 Å². The van der Waals surface area contributed by atoms with E-state index in [1.807, 2.05) is 0 Å². The van der Waals surface area contributed by atoms with Crippen LogP contribution in [0.15, 0.2) is 29.3 Å². The number of amidine groups is 1. The van der Waals surface area contributed by atoms with Gasteiger partial charge in [-0.15, -0.1) is 0 Å². The summed E-state index contributed by atoms with van der Waals surface area (Å²) in [5, 5.41) is 6.25. The highest BCUT2D eigenvalue weighted by atomic mass is 35.5. The summed E-state index contributed by atoms with van der Waals surface area (Å²) in [4.78, 5) is 28.0. The van der Waals surface area contributed by atoms with E-state index in [1.165, 1.54) is 11.8 Å². The number of hydrogen-bond acceptors (Lipinski definition) is 4. The van der Waals surface area contributed by atoms with Crippen molar-refractivity contribution in [2.45, 2.75) is 13.0 Å². The summed E-state index contributed by atoms with van der Waals surface area (Å²) in [5.74, 6) is 0.202. The average molecular weight is 312 g/mol. The number of hydrogen-bond donors (Lipinski definition) is 2. The SMILES string of the molecule is CC(NC(=O)c1ccccc1Cl)C(=O)NC1=NCCS1. The molecule has 0 spiro atoms. The summed E-state index contributed by atoms with van der Waals surface area (Å²) in [7, 11) is 0. The molecule has 0 fully saturated rings. The molecular weight excluding hydrogens is 298 g/mol.